The molecule has 0 aliphatic carbocycles. The Morgan fingerprint density at radius 1 is 1.00 bits per heavy atom. The van der Waals surface area contributed by atoms with Gasteiger partial charge in [-0.25, -0.2) is 4.79 Å². The van der Waals surface area contributed by atoms with Crippen molar-refractivity contribution >= 4 is 44.4 Å². The molecule has 1 heterocycles. The maximum Gasteiger partial charge on any atom is 0.380 e. The smallest absolute Gasteiger partial charge is 0.380 e. The molecule has 3 aromatic rings. The Balaban J connectivity index is 1.63. The molecule has 0 atom stereocenters. The monoisotopic (exact) mass is 517 g/mol. The van der Waals surface area contributed by atoms with E-state index < -0.39 is 28.1 Å². The minimum Gasteiger partial charge on any atom is -0.462 e. The van der Waals surface area contributed by atoms with E-state index in [0.29, 0.717) is 10.6 Å². The zero-order valence-corrected chi connectivity index (χ0v) is 20.3. The zero-order chi connectivity index (χ0) is 25.4. The summed E-state index contributed by atoms with van der Waals surface area (Å²) in [7, 11) is -4.19. The van der Waals surface area contributed by atoms with Gasteiger partial charge in [-0.2, -0.15) is 13.6 Å². The van der Waals surface area contributed by atoms with Crippen LogP contribution in [-0.2, 0) is 31.1 Å². The Hall–Kier alpha value is -3.74. The van der Waals surface area contributed by atoms with Gasteiger partial charge in [0.2, 0.25) is 11.8 Å². The average molecular weight is 518 g/mol. The number of nitrogens with two attached hydrogens (primary N) is 1. The van der Waals surface area contributed by atoms with Gasteiger partial charge in [0.1, 0.15) is 10.8 Å². The van der Waals surface area contributed by atoms with Crippen molar-refractivity contribution in [3.63, 3.8) is 0 Å². The fourth-order valence-electron chi connectivity index (χ4n) is 3.03. The standard InChI is InChI=1S/C23H23N3O7S2/c1-2-32-23(29)18-13-19(16-8-4-3-5-9-16)34-22(18)26-21(28)14-25-20(27)12-15-7-6-10-17(11-15)33-35(24,30)31/h3-11,13H,2,12,14H2,1H3,(H,25,27)(H,26,28)(H2,24,30,31). The van der Waals surface area contributed by atoms with E-state index >= 15 is 0 Å². The normalized spacial score (nSPS) is 10.9. The van der Waals surface area contributed by atoms with Crippen LogP contribution in [0, 0.1) is 0 Å². The van der Waals surface area contributed by atoms with E-state index in [0.717, 1.165) is 10.4 Å². The molecule has 0 radical (unpaired) electrons. The van der Waals surface area contributed by atoms with E-state index in [1.54, 1.807) is 19.1 Å². The Labute approximate surface area is 206 Å². The molecule has 3 rings (SSSR count). The van der Waals surface area contributed by atoms with Crippen molar-refractivity contribution in [1.82, 2.24) is 5.32 Å². The van der Waals surface area contributed by atoms with Crippen LogP contribution < -0.4 is 20.0 Å². The van der Waals surface area contributed by atoms with E-state index in [4.69, 9.17) is 9.88 Å². The quantitative estimate of drug-likeness (QED) is 0.349. The maximum atomic E-state index is 12.5. The summed E-state index contributed by atoms with van der Waals surface area (Å²) in [5.74, 6) is -1.60. The first-order valence-corrected chi connectivity index (χ1v) is 12.7. The lowest BCUT2D eigenvalue weighted by atomic mass is 10.1. The summed E-state index contributed by atoms with van der Waals surface area (Å²) in [6.07, 6.45) is -0.125. The summed E-state index contributed by atoms with van der Waals surface area (Å²) >= 11 is 1.22. The Bertz CT molecular complexity index is 1320. The van der Waals surface area contributed by atoms with Crippen molar-refractivity contribution in [2.24, 2.45) is 5.14 Å². The SMILES string of the molecule is CCOC(=O)c1cc(-c2ccccc2)sc1NC(=O)CNC(=O)Cc1cccc(OS(N)(=O)=O)c1. The first kappa shape index (κ1) is 25.9. The topological polar surface area (TPSA) is 154 Å². The number of rotatable bonds is 10. The minimum atomic E-state index is -4.19. The van der Waals surface area contributed by atoms with Crippen LogP contribution in [0.5, 0.6) is 5.75 Å². The van der Waals surface area contributed by atoms with Gasteiger partial charge in [-0.15, -0.1) is 11.3 Å². The van der Waals surface area contributed by atoms with Crippen LogP contribution in [-0.4, -0.2) is 39.4 Å². The Morgan fingerprint density at radius 2 is 1.74 bits per heavy atom. The molecule has 4 N–H and O–H groups in total. The van der Waals surface area contributed by atoms with Gasteiger partial charge in [-0.05, 0) is 36.2 Å². The molecule has 35 heavy (non-hydrogen) atoms. The summed E-state index contributed by atoms with van der Waals surface area (Å²) in [6, 6.07) is 16.9. The lowest BCUT2D eigenvalue weighted by Crippen LogP contribution is -2.33. The van der Waals surface area contributed by atoms with Crippen LogP contribution in [0.2, 0.25) is 0 Å². The molecule has 184 valence electrons. The maximum absolute atomic E-state index is 12.5. The third kappa shape index (κ3) is 7.91. The highest BCUT2D eigenvalue weighted by atomic mass is 32.2. The van der Waals surface area contributed by atoms with Crippen LogP contribution in [0.1, 0.15) is 22.8 Å². The van der Waals surface area contributed by atoms with Crippen LogP contribution in [0.25, 0.3) is 10.4 Å². The number of esters is 1. The summed E-state index contributed by atoms with van der Waals surface area (Å²) in [5.41, 5.74) is 1.56. The van der Waals surface area contributed by atoms with Gasteiger partial charge in [0.15, 0.2) is 0 Å². The lowest BCUT2D eigenvalue weighted by molar-refractivity contribution is -0.123. The molecule has 0 aliphatic rings. The minimum absolute atomic E-state index is 0.0334. The van der Waals surface area contributed by atoms with E-state index in [9.17, 15) is 22.8 Å². The molecule has 12 heteroatoms. The van der Waals surface area contributed by atoms with Gasteiger partial charge in [0, 0.05) is 4.88 Å². The lowest BCUT2D eigenvalue weighted by Gasteiger charge is -2.08. The van der Waals surface area contributed by atoms with E-state index in [1.165, 1.54) is 29.5 Å². The average Bonchev–Trinajstić information content (AvgIpc) is 3.21. The number of nitrogens with one attached hydrogen (secondary N) is 2. The second-order valence-electron chi connectivity index (χ2n) is 7.17. The van der Waals surface area contributed by atoms with Crippen molar-refractivity contribution in [2.45, 2.75) is 13.3 Å². The number of carbonyl (C=O) groups is 3. The molecule has 0 saturated carbocycles. The van der Waals surface area contributed by atoms with Crippen molar-refractivity contribution in [1.29, 1.82) is 0 Å². The zero-order valence-electron chi connectivity index (χ0n) is 18.6. The third-order valence-corrected chi connectivity index (χ3v) is 5.98. The molecule has 0 fully saturated rings. The fraction of sp³-hybridized carbons (Fsp3) is 0.174. The van der Waals surface area contributed by atoms with Crippen molar-refractivity contribution in [2.75, 3.05) is 18.5 Å². The Morgan fingerprint density at radius 3 is 2.43 bits per heavy atom. The van der Waals surface area contributed by atoms with Gasteiger partial charge in [0.05, 0.1) is 25.1 Å². The van der Waals surface area contributed by atoms with Gasteiger partial charge < -0.3 is 19.6 Å². The summed E-state index contributed by atoms with van der Waals surface area (Å²) in [4.78, 5) is 37.9. The highest BCUT2D eigenvalue weighted by Gasteiger charge is 2.20. The van der Waals surface area contributed by atoms with E-state index in [-0.39, 0.29) is 30.9 Å². The molecule has 2 amide bonds. The molecule has 0 aliphatic heterocycles. The van der Waals surface area contributed by atoms with Gasteiger partial charge in [-0.1, -0.05) is 42.5 Å². The largest absolute Gasteiger partial charge is 0.462 e. The molecule has 0 saturated heterocycles. The van der Waals surface area contributed by atoms with Crippen molar-refractivity contribution < 1.29 is 31.7 Å². The number of anilines is 1. The summed E-state index contributed by atoms with van der Waals surface area (Å²) in [6.45, 7) is 1.53. The van der Waals surface area contributed by atoms with E-state index in [2.05, 4.69) is 14.8 Å². The highest BCUT2D eigenvalue weighted by Crippen LogP contribution is 2.35. The number of ether oxygens (including phenoxy) is 1. The number of amides is 2. The van der Waals surface area contributed by atoms with Crippen molar-refractivity contribution in [3.05, 3.63) is 71.8 Å². The molecule has 0 spiro atoms. The molecular weight excluding hydrogens is 494 g/mol. The molecule has 2 aromatic carbocycles. The third-order valence-electron chi connectivity index (χ3n) is 4.46. The van der Waals surface area contributed by atoms with Crippen LogP contribution >= 0.6 is 11.3 Å². The molecule has 0 bridgehead atoms. The predicted octanol–water partition coefficient (Wildman–Crippen LogP) is 2.47. The van der Waals surface area contributed by atoms with Gasteiger partial charge in [0.25, 0.3) is 0 Å². The number of benzene rings is 2. The number of hydrogen-bond donors (Lipinski definition) is 3. The van der Waals surface area contributed by atoms with E-state index in [1.807, 2.05) is 30.3 Å². The molecule has 10 nitrogen and oxygen atoms in total. The molecular formula is C23H23N3O7S2. The summed E-state index contributed by atoms with van der Waals surface area (Å²) in [5, 5.41) is 10.3. The van der Waals surface area contributed by atoms with Crippen LogP contribution in [0.4, 0.5) is 5.00 Å². The van der Waals surface area contributed by atoms with Crippen LogP contribution in [0.15, 0.2) is 60.7 Å². The molecule has 1 aromatic heterocycles. The second kappa shape index (κ2) is 11.6. The van der Waals surface area contributed by atoms with Gasteiger partial charge >= 0.3 is 16.3 Å². The Kier molecular flexibility index (Phi) is 8.58. The first-order chi connectivity index (χ1) is 16.6. The number of thiophene rings is 1. The summed E-state index contributed by atoms with van der Waals surface area (Å²) < 4.78 is 31.8. The number of hydrogen-bond acceptors (Lipinski definition) is 8. The second-order valence-corrected chi connectivity index (χ2v) is 9.37. The van der Waals surface area contributed by atoms with Gasteiger partial charge in [-0.3, -0.25) is 9.59 Å². The van der Waals surface area contributed by atoms with Crippen molar-refractivity contribution in [3.8, 4) is 16.2 Å². The highest BCUT2D eigenvalue weighted by molar-refractivity contribution is 7.84. The first-order valence-electron chi connectivity index (χ1n) is 10.4. The fourth-order valence-corrected chi connectivity index (χ4v) is 4.47. The predicted molar refractivity (Wildman–Crippen MR) is 131 cm³/mol. The molecule has 0 unspecified atom stereocenters. The van der Waals surface area contributed by atoms with Crippen LogP contribution in [0.3, 0.4) is 0 Å². The number of carbonyl (C=O) groups excluding carboxylic acids is 3.